The first-order valence-corrected chi connectivity index (χ1v) is 8.85. The Hall–Kier alpha value is -1.37. The summed E-state index contributed by atoms with van der Waals surface area (Å²) in [6.45, 7) is 3.81. The summed E-state index contributed by atoms with van der Waals surface area (Å²) in [5.74, 6) is 0.159. The third kappa shape index (κ3) is 4.06. The van der Waals surface area contributed by atoms with Crippen LogP contribution in [-0.2, 0) is 16.6 Å². The molecule has 0 amide bonds. The first kappa shape index (κ1) is 16.0. The van der Waals surface area contributed by atoms with Gasteiger partial charge in [0.25, 0.3) is 0 Å². The molecule has 0 unspecified atom stereocenters. The van der Waals surface area contributed by atoms with Crippen LogP contribution < -0.4 is 5.32 Å². The van der Waals surface area contributed by atoms with Gasteiger partial charge in [0.2, 0.25) is 10.0 Å². The summed E-state index contributed by atoms with van der Waals surface area (Å²) >= 11 is 0. The summed E-state index contributed by atoms with van der Waals surface area (Å²) in [5, 5.41) is 4.61. The van der Waals surface area contributed by atoms with E-state index in [4.69, 9.17) is 0 Å². The van der Waals surface area contributed by atoms with Crippen LogP contribution in [0.15, 0.2) is 30.5 Å². The molecule has 0 aliphatic heterocycles. The van der Waals surface area contributed by atoms with Crippen LogP contribution in [0.1, 0.15) is 18.9 Å². The van der Waals surface area contributed by atoms with E-state index in [0.717, 1.165) is 25.0 Å². The van der Waals surface area contributed by atoms with Crippen molar-refractivity contribution in [2.75, 3.05) is 25.9 Å². The highest BCUT2D eigenvalue weighted by Gasteiger charge is 2.13. The van der Waals surface area contributed by atoms with Gasteiger partial charge in [-0.15, -0.1) is 0 Å². The first-order valence-electron chi connectivity index (χ1n) is 7.24. The Morgan fingerprint density at radius 2 is 2.10 bits per heavy atom. The van der Waals surface area contributed by atoms with E-state index in [0.29, 0.717) is 6.54 Å². The summed E-state index contributed by atoms with van der Waals surface area (Å²) < 4.78 is 24.6. The molecule has 0 fully saturated rings. The predicted octanol–water partition coefficient (Wildman–Crippen LogP) is 1.93. The van der Waals surface area contributed by atoms with Gasteiger partial charge in [-0.25, -0.2) is 12.7 Å². The standard InChI is InChI=1S/C15H23N3O2S/c1-3-21(19,20)18(2)11-5-9-16-12-13-6-4-7-15-14(13)8-10-17-15/h4,6-8,10,16-17H,3,5,9,11-12H2,1-2H3. The molecule has 2 rings (SSSR count). The molecule has 2 aromatic rings. The molecule has 1 aromatic carbocycles. The number of hydrogen-bond donors (Lipinski definition) is 2. The quantitative estimate of drug-likeness (QED) is 0.732. The molecule has 0 aliphatic rings. The van der Waals surface area contributed by atoms with Gasteiger partial charge in [0.1, 0.15) is 0 Å². The maximum Gasteiger partial charge on any atom is 0.213 e. The number of aromatic nitrogens is 1. The van der Waals surface area contributed by atoms with Crippen LogP contribution in [0, 0.1) is 0 Å². The zero-order chi connectivity index (χ0) is 15.3. The SMILES string of the molecule is CCS(=O)(=O)N(C)CCCNCc1cccc2[nH]ccc12. The Morgan fingerprint density at radius 1 is 1.29 bits per heavy atom. The first-order chi connectivity index (χ1) is 10.0. The summed E-state index contributed by atoms with van der Waals surface area (Å²) in [6, 6.07) is 8.28. The van der Waals surface area contributed by atoms with E-state index in [1.807, 2.05) is 12.3 Å². The van der Waals surface area contributed by atoms with Gasteiger partial charge in [0, 0.05) is 37.2 Å². The predicted molar refractivity (Wildman–Crippen MR) is 86.7 cm³/mol. The molecule has 1 aromatic heterocycles. The lowest BCUT2D eigenvalue weighted by Crippen LogP contribution is -2.31. The molecule has 116 valence electrons. The monoisotopic (exact) mass is 309 g/mol. The lowest BCUT2D eigenvalue weighted by atomic mass is 10.1. The van der Waals surface area contributed by atoms with E-state index in [2.05, 4.69) is 28.5 Å². The van der Waals surface area contributed by atoms with Crippen LogP contribution in [0.2, 0.25) is 0 Å². The van der Waals surface area contributed by atoms with E-state index in [-0.39, 0.29) is 5.75 Å². The van der Waals surface area contributed by atoms with Crippen molar-refractivity contribution in [3.05, 3.63) is 36.0 Å². The van der Waals surface area contributed by atoms with E-state index in [1.165, 1.54) is 15.3 Å². The van der Waals surface area contributed by atoms with E-state index in [1.54, 1.807) is 14.0 Å². The van der Waals surface area contributed by atoms with Gasteiger partial charge in [-0.3, -0.25) is 0 Å². The minimum absolute atomic E-state index is 0.159. The molecule has 1 heterocycles. The van der Waals surface area contributed by atoms with Crippen LogP contribution in [-0.4, -0.2) is 43.6 Å². The van der Waals surface area contributed by atoms with Gasteiger partial charge in [-0.05, 0) is 37.6 Å². The fourth-order valence-corrected chi connectivity index (χ4v) is 3.16. The molecule has 5 nitrogen and oxygen atoms in total. The van der Waals surface area contributed by atoms with Gasteiger partial charge in [0.05, 0.1) is 5.75 Å². The largest absolute Gasteiger partial charge is 0.361 e. The second-order valence-electron chi connectivity index (χ2n) is 5.11. The van der Waals surface area contributed by atoms with Crippen molar-refractivity contribution in [1.29, 1.82) is 0 Å². The molecule has 2 N–H and O–H groups in total. The van der Waals surface area contributed by atoms with Gasteiger partial charge >= 0.3 is 0 Å². The molecule has 0 saturated carbocycles. The van der Waals surface area contributed by atoms with Gasteiger partial charge in [0.15, 0.2) is 0 Å². The molecular weight excluding hydrogens is 286 g/mol. The van der Waals surface area contributed by atoms with Crippen molar-refractivity contribution in [3.63, 3.8) is 0 Å². The smallest absolute Gasteiger partial charge is 0.213 e. The molecule has 21 heavy (non-hydrogen) atoms. The normalized spacial score (nSPS) is 12.3. The number of hydrogen-bond acceptors (Lipinski definition) is 3. The Morgan fingerprint density at radius 3 is 2.86 bits per heavy atom. The van der Waals surface area contributed by atoms with Crippen LogP contribution >= 0.6 is 0 Å². The van der Waals surface area contributed by atoms with Crippen LogP contribution in [0.3, 0.4) is 0 Å². The summed E-state index contributed by atoms with van der Waals surface area (Å²) in [4.78, 5) is 3.20. The number of H-pyrrole nitrogens is 1. The third-order valence-corrected chi connectivity index (χ3v) is 5.53. The zero-order valence-corrected chi connectivity index (χ0v) is 13.4. The number of sulfonamides is 1. The highest BCUT2D eigenvalue weighted by molar-refractivity contribution is 7.89. The highest BCUT2D eigenvalue weighted by atomic mass is 32.2. The van der Waals surface area contributed by atoms with Gasteiger partial charge in [-0.1, -0.05) is 12.1 Å². The van der Waals surface area contributed by atoms with Crippen LogP contribution in [0.25, 0.3) is 10.9 Å². The van der Waals surface area contributed by atoms with Gasteiger partial charge in [-0.2, -0.15) is 0 Å². The number of nitrogens with zero attached hydrogens (tertiary/aromatic N) is 1. The van der Waals surface area contributed by atoms with Crippen molar-refractivity contribution in [3.8, 4) is 0 Å². The van der Waals surface area contributed by atoms with E-state index >= 15 is 0 Å². The second kappa shape index (κ2) is 7.06. The van der Waals surface area contributed by atoms with Crippen LogP contribution in [0.5, 0.6) is 0 Å². The summed E-state index contributed by atoms with van der Waals surface area (Å²) in [5.41, 5.74) is 2.39. The average molecular weight is 309 g/mol. The highest BCUT2D eigenvalue weighted by Crippen LogP contribution is 2.16. The van der Waals surface area contributed by atoms with Crippen molar-refractivity contribution in [1.82, 2.24) is 14.6 Å². The zero-order valence-electron chi connectivity index (χ0n) is 12.6. The number of nitrogens with one attached hydrogen (secondary N) is 2. The summed E-state index contributed by atoms with van der Waals surface area (Å²) in [6.07, 6.45) is 2.75. The van der Waals surface area contributed by atoms with Gasteiger partial charge < -0.3 is 10.3 Å². The van der Waals surface area contributed by atoms with E-state index in [9.17, 15) is 8.42 Å². The van der Waals surface area contributed by atoms with Crippen LogP contribution in [0.4, 0.5) is 0 Å². The second-order valence-corrected chi connectivity index (χ2v) is 7.47. The van der Waals surface area contributed by atoms with Crippen molar-refractivity contribution >= 4 is 20.9 Å². The summed E-state index contributed by atoms with van der Waals surface area (Å²) in [7, 11) is -1.42. The molecule has 0 spiro atoms. The minimum atomic E-state index is -3.06. The topological polar surface area (TPSA) is 65.2 Å². The molecule has 0 radical (unpaired) electrons. The minimum Gasteiger partial charge on any atom is -0.361 e. The Bertz CT molecular complexity index is 679. The maximum atomic E-state index is 11.6. The Balaban J connectivity index is 1.77. The Labute approximate surface area is 126 Å². The Kier molecular flexibility index (Phi) is 5.39. The fraction of sp³-hybridized carbons (Fsp3) is 0.467. The number of benzene rings is 1. The lowest BCUT2D eigenvalue weighted by molar-refractivity contribution is 0.455. The molecule has 6 heteroatoms. The number of fused-ring (bicyclic) bond motifs is 1. The van der Waals surface area contributed by atoms with Crippen molar-refractivity contribution in [2.24, 2.45) is 0 Å². The maximum absolute atomic E-state index is 11.6. The van der Waals surface area contributed by atoms with Crippen molar-refractivity contribution in [2.45, 2.75) is 19.9 Å². The van der Waals surface area contributed by atoms with E-state index < -0.39 is 10.0 Å². The molecule has 0 aliphatic carbocycles. The number of rotatable bonds is 8. The average Bonchev–Trinajstić information content (AvgIpc) is 2.95. The molecule has 0 saturated heterocycles. The lowest BCUT2D eigenvalue weighted by Gasteiger charge is -2.15. The van der Waals surface area contributed by atoms with Crippen molar-refractivity contribution < 1.29 is 8.42 Å². The number of aromatic amines is 1. The molecular formula is C15H23N3O2S. The molecule has 0 atom stereocenters. The molecule has 0 bridgehead atoms. The third-order valence-electron chi connectivity index (χ3n) is 3.67. The fourth-order valence-electron chi connectivity index (χ4n) is 2.31.